The van der Waals surface area contributed by atoms with E-state index in [2.05, 4.69) is 39.5 Å². The van der Waals surface area contributed by atoms with E-state index in [1.165, 1.54) is 0 Å². The summed E-state index contributed by atoms with van der Waals surface area (Å²) in [7, 11) is 0. The van der Waals surface area contributed by atoms with Crippen molar-refractivity contribution in [2.45, 2.75) is 20.8 Å². The normalized spacial score (nSPS) is 13.1. The van der Waals surface area contributed by atoms with Crippen LogP contribution in [0, 0.1) is 5.41 Å². The predicted octanol–water partition coefficient (Wildman–Crippen LogP) is 2.48. The summed E-state index contributed by atoms with van der Waals surface area (Å²) in [5, 5.41) is 1.78. The van der Waals surface area contributed by atoms with Gasteiger partial charge in [-0.3, -0.25) is 0 Å². The van der Waals surface area contributed by atoms with Gasteiger partial charge < -0.3 is 0 Å². The first kappa shape index (κ1) is 7.09. The summed E-state index contributed by atoms with van der Waals surface area (Å²) < 4.78 is 0. The van der Waals surface area contributed by atoms with Crippen molar-refractivity contribution < 1.29 is 0 Å². The number of thiol groups is 1. The van der Waals surface area contributed by atoms with Crippen molar-refractivity contribution in [2.24, 2.45) is 5.41 Å². The molecular weight excluding hydrogens is 104 g/mol. The monoisotopic (exact) mass is 116 g/mol. The van der Waals surface area contributed by atoms with E-state index in [9.17, 15) is 0 Å². The van der Waals surface area contributed by atoms with Gasteiger partial charge in [0.2, 0.25) is 0 Å². The lowest BCUT2D eigenvalue weighted by molar-refractivity contribution is 0.545. The zero-order valence-electron chi connectivity index (χ0n) is 5.10. The molecule has 0 spiro atoms. The third-order valence-electron chi connectivity index (χ3n) is 0.575. The van der Waals surface area contributed by atoms with Gasteiger partial charge in [0.05, 0.1) is 0 Å². The maximum Gasteiger partial charge on any atom is -0.0195 e. The van der Waals surface area contributed by atoms with Crippen LogP contribution in [-0.4, -0.2) is 0 Å². The summed E-state index contributed by atoms with van der Waals surface area (Å²) in [5.74, 6) is 0. The van der Waals surface area contributed by atoms with Gasteiger partial charge in [-0.1, -0.05) is 26.8 Å². The zero-order valence-corrected chi connectivity index (χ0v) is 6.00. The van der Waals surface area contributed by atoms with Crippen LogP contribution in [-0.2, 0) is 0 Å². The highest BCUT2D eigenvalue weighted by Crippen LogP contribution is 2.14. The zero-order chi connectivity index (χ0) is 5.91. The molecule has 0 radical (unpaired) electrons. The van der Waals surface area contributed by atoms with Crippen molar-refractivity contribution in [3.8, 4) is 0 Å². The maximum absolute atomic E-state index is 3.93. The molecule has 0 aliphatic carbocycles. The maximum atomic E-state index is 3.93. The minimum Gasteiger partial charge on any atom is -0.152 e. The van der Waals surface area contributed by atoms with Gasteiger partial charge in [0, 0.05) is 0 Å². The molecule has 0 bridgehead atoms. The molecule has 1 heteroatoms. The quantitative estimate of drug-likeness (QED) is 0.462. The average molecular weight is 116 g/mol. The fraction of sp³-hybridized carbons (Fsp3) is 0.667. The summed E-state index contributed by atoms with van der Waals surface area (Å²) >= 11 is 3.93. The number of hydrogen-bond donors (Lipinski definition) is 1. The van der Waals surface area contributed by atoms with Crippen molar-refractivity contribution in [3.63, 3.8) is 0 Å². The van der Waals surface area contributed by atoms with Gasteiger partial charge in [0.15, 0.2) is 0 Å². The molecule has 0 aliphatic heterocycles. The molecule has 0 fully saturated rings. The molecule has 0 heterocycles. The molecule has 0 atom stereocenters. The van der Waals surface area contributed by atoms with E-state index in [1.54, 1.807) is 5.41 Å². The minimum atomic E-state index is 0.293. The highest BCUT2D eigenvalue weighted by atomic mass is 32.1. The fourth-order valence-electron chi connectivity index (χ4n) is 0.224. The summed E-state index contributed by atoms with van der Waals surface area (Å²) in [6, 6.07) is 0. The number of hydrogen-bond acceptors (Lipinski definition) is 1. The van der Waals surface area contributed by atoms with E-state index >= 15 is 0 Å². The van der Waals surface area contributed by atoms with E-state index < -0.39 is 0 Å². The van der Waals surface area contributed by atoms with Crippen molar-refractivity contribution in [3.05, 3.63) is 11.5 Å². The van der Waals surface area contributed by atoms with E-state index in [4.69, 9.17) is 0 Å². The molecule has 0 N–H and O–H groups in total. The Bertz CT molecular complexity index is 66.7. The van der Waals surface area contributed by atoms with Crippen molar-refractivity contribution >= 4 is 12.6 Å². The van der Waals surface area contributed by atoms with E-state index in [-0.39, 0.29) is 0 Å². The highest BCUT2D eigenvalue weighted by molar-refractivity contribution is 7.83. The molecule has 0 saturated heterocycles. The average Bonchev–Trinajstić information content (AvgIpc) is 1.30. The van der Waals surface area contributed by atoms with Gasteiger partial charge in [-0.05, 0) is 10.8 Å². The van der Waals surface area contributed by atoms with E-state index in [0.29, 0.717) is 5.41 Å². The second-order valence-corrected chi connectivity index (χ2v) is 2.98. The molecule has 0 aromatic heterocycles. The molecular formula is C6H12S. The van der Waals surface area contributed by atoms with Crippen LogP contribution < -0.4 is 0 Å². The lowest BCUT2D eigenvalue weighted by atomic mass is 9.98. The molecule has 0 aromatic carbocycles. The predicted molar refractivity (Wildman–Crippen MR) is 37.6 cm³/mol. The Labute approximate surface area is 51.0 Å². The second-order valence-electron chi connectivity index (χ2n) is 2.68. The van der Waals surface area contributed by atoms with Gasteiger partial charge >= 0.3 is 0 Å². The largest absolute Gasteiger partial charge is 0.152 e. The van der Waals surface area contributed by atoms with Crippen LogP contribution in [0.4, 0.5) is 0 Å². The molecule has 0 aliphatic rings. The van der Waals surface area contributed by atoms with Gasteiger partial charge in [0.1, 0.15) is 0 Å². The Morgan fingerprint density at radius 2 is 1.71 bits per heavy atom. The Hall–Kier alpha value is 0.0900. The number of rotatable bonds is 0. The van der Waals surface area contributed by atoms with Crippen molar-refractivity contribution in [1.82, 2.24) is 0 Å². The summed E-state index contributed by atoms with van der Waals surface area (Å²) in [4.78, 5) is 0. The topological polar surface area (TPSA) is 0 Å². The summed E-state index contributed by atoms with van der Waals surface area (Å²) in [5.41, 5.74) is 0.293. The lowest BCUT2D eigenvalue weighted by Crippen LogP contribution is -1.97. The minimum absolute atomic E-state index is 0.293. The molecule has 0 aromatic rings. The van der Waals surface area contributed by atoms with E-state index in [0.717, 1.165) is 0 Å². The van der Waals surface area contributed by atoms with Crippen LogP contribution in [0.25, 0.3) is 0 Å². The third-order valence-corrected chi connectivity index (χ3v) is 0.724. The van der Waals surface area contributed by atoms with Crippen LogP contribution >= 0.6 is 12.6 Å². The summed E-state index contributed by atoms with van der Waals surface area (Å²) in [6.07, 6.45) is 2.05. The first-order valence-corrected chi connectivity index (χ1v) is 2.90. The van der Waals surface area contributed by atoms with Crippen LogP contribution in [0.3, 0.4) is 0 Å². The molecule has 0 nitrogen and oxygen atoms in total. The highest BCUT2D eigenvalue weighted by Gasteiger charge is 2.01. The standard InChI is InChI=1S/C6H12S/c1-6(2,3)4-5-7/h4-5,7H,1-3H3/b5-4+. The summed E-state index contributed by atoms with van der Waals surface area (Å²) in [6.45, 7) is 6.42. The van der Waals surface area contributed by atoms with Crippen molar-refractivity contribution in [2.75, 3.05) is 0 Å². The Morgan fingerprint density at radius 1 is 1.29 bits per heavy atom. The molecule has 42 valence electrons. The molecule has 0 saturated carbocycles. The van der Waals surface area contributed by atoms with E-state index in [1.807, 2.05) is 0 Å². The Morgan fingerprint density at radius 3 is 1.71 bits per heavy atom. The Balaban J connectivity index is 3.56. The molecule has 0 amide bonds. The van der Waals surface area contributed by atoms with Gasteiger partial charge in [-0.25, -0.2) is 0 Å². The number of allylic oxidation sites excluding steroid dienone is 1. The van der Waals surface area contributed by atoms with Crippen LogP contribution in [0.2, 0.25) is 0 Å². The van der Waals surface area contributed by atoms with Crippen LogP contribution in [0.5, 0.6) is 0 Å². The Kier molecular flexibility index (Phi) is 2.44. The first-order valence-electron chi connectivity index (χ1n) is 2.38. The molecule has 7 heavy (non-hydrogen) atoms. The van der Waals surface area contributed by atoms with Crippen molar-refractivity contribution in [1.29, 1.82) is 0 Å². The van der Waals surface area contributed by atoms with Gasteiger partial charge in [-0.15, -0.1) is 0 Å². The second kappa shape index (κ2) is 2.41. The smallest absolute Gasteiger partial charge is 0.0195 e. The van der Waals surface area contributed by atoms with Crippen LogP contribution in [0.15, 0.2) is 11.5 Å². The fourth-order valence-corrected chi connectivity index (χ4v) is 0.671. The van der Waals surface area contributed by atoms with Gasteiger partial charge in [-0.2, -0.15) is 12.6 Å². The van der Waals surface area contributed by atoms with Gasteiger partial charge in [0.25, 0.3) is 0 Å². The van der Waals surface area contributed by atoms with Crippen LogP contribution in [0.1, 0.15) is 20.8 Å². The SMILES string of the molecule is CC(C)(C)/C=C/S. The molecule has 0 unspecified atom stereocenters. The first-order chi connectivity index (χ1) is 3.06. The third kappa shape index (κ3) is 6.09. The lowest BCUT2D eigenvalue weighted by Gasteiger charge is -2.09. The molecule has 0 rings (SSSR count).